The van der Waals surface area contributed by atoms with E-state index in [1.165, 1.54) is 6.20 Å². The Morgan fingerprint density at radius 3 is 2.78 bits per heavy atom. The summed E-state index contributed by atoms with van der Waals surface area (Å²) in [5.41, 5.74) is 0.993. The third-order valence-electron chi connectivity index (χ3n) is 2.35. The Morgan fingerprint density at radius 2 is 2.17 bits per heavy atom. The summed E-state index contributed by atoms with van der Waals surface area (Å²) in [6.07, 6.45) is 1.53. The Kier molecular flexibility index (Phi) is 5.10. The Labute approximate surface area is 106 Å². The van der Waals surface area contributed by atoms with Gasteiger partial charge in [0.25, 0.3) is 5.91 Å². The third kappa shape index (κ3) is 3.73. The fraction of sp³-hybridized carbons (Fsp3) is 0.417. The van der Waals surface area contributed by atoms with Gasteiger partial charge in [0.15, 0.2) is 0 Å². The van der Waals surface area contributed by atoms with Gasteiger partial charge >= 0.3 is 0 Å². The molecule has 1 rings (SSSR count). The van der Waals surface area contributed by atoms with Crippen molar-refractivity contribution in [3.05, 3.63) is 24.0 Å². The minimum atomic E-state index is -0.370. The zero-order chi connectivity index (χ0) is 13.5. The third-order valence-corrected chi connectivity index (χ3v) is 2.35. The van der Waals surface area contributed by atoms with Crippen LogP contribution < -0.4 is 16.0 Å². The number of anilines is 1. The molecule has 0 aromatic carbocycles. The van der Waals surface area contributed by atoms with E-state index in [1.807, 2.05) is 6.92 Å². The van der Waals surface area contributed by atoms with Crippen molar-refractivity contribution in [2.75, 3.05) is 18.9 Å². The second-order valence-electron chi connectivity index (χ2n) is 3.77. The van der Waals surface area contributed by atoms with Gasteiger partial charge in [0.2, 0.25) is 5.91 Å². The van der Waals surface area contributed by atoms with Gasteiger partial charge in [0, 0.05) is 25.5 Å². The number of nitrogens with zero attached hydrogens (tertiary/aromatic N) is 1. The van der Waals surface area contributed by atoms with E-state index in [0.717, 1.165) is 0 Å². The number of pyridine rings is 1. The van der Waals surface area contributed by atoms with Crippen LogP contribution in [0.2, 0.25) is 0 Å². The van der Waals surface area contributed by atoms with Crippen LogP contribution in [0.15, 0.2) is 18.3 Å². The van der Waals surface area contributed by atoms with Crippen LogP contribution >= 0.6 is 0 Å². The molecule has 0 fully saturated rings. The van der Waals surface area contributed by atoms with E-state index < -0.39 is 0 Å². The number of hydrogen-bond donors (Lipinski definition) is 3. The molecular formula is C12H18N4O2. The molecule has 0 radical (unpaired) electrons. The highest BCUT2D eigenvalue weighted by atomic mass is 16.2. The Balaban J connectivity index is 2.73. The summed E-state index contributed by atoms with van der Waals surface area (Å²) < 4.78 is 0. The van der Waals surface area contributed by atoms with Gasteiger partial charge in [-0.05, 0) is 26.0 Å². The van der Waals surface area contributed by atoms with E-state index in [1.54, 1.807) is 26.1 Å². The minimum absolute atomic E-state index is 0.0872. The van der Waals surface area contributed by atoms with E-state index in [4.69, 9.17) is 0 Å². The zero-order valence-electron chi connectivity index (χ0n) is 10.8. The molecule has 6 nitrogen and oxygen atoms in total. The van der Waals surface area contributed by atoms with Crippen LogP contribution in [0.4, 0.5) is 5.69 Å². The van der Waals surface area contributed by atoms with Crippen LogP contribution in [-0.4, -0.2) is 36.4 Å². The largest absolute Gasteiger partial charge is 0.374 e. The molecule has 18 heavy (non-hydrogen) atoms. The molecule has 2 amide bonds. The van der Waals surface area contributed by atoms with Crippen molar-refractivity contribution in [1.82, 2.24) is 15.6 Å². The van der Waals surface area contributed by atoms with Crippen molar-refractivity contribution in [3.63, 3.8) is 0 Å². The first-order valence-electron chi connectivity index (χ1n) is 5.80. The number of amides is 2. The number of likely N-dealkylation sites (N-methyl/N-ethyl adjacent to an activating group) is 1. The van der Waals surface area contributed by atoms with Crippen LogP contribution in [-0.2, 0) is 4.79 Å². The summed E-state index contributed by atoms with van der Waals surface area (Å²) in [6.45, 7) is 4.20. The first-order chi connectivity index (χ1) is 8.58. The number of rotatable bonds is 5. The van der Waals surface area contributed by atoms with Crippen molar-refractivity contribution < 1.29 is 9.59 Å². The van der Waals surface area contributed by atoms with Crippen LogP contribution in [0.1, 0.15) is 24.3 Å². The molecule has 0 saturated heterocycles. The summed E-state index contributed by atoms with van der Waals surface area (Å²) in [5, 5.41) is 8.23. The van der Waals surface area contributed by atoms with Gasteiger partial charge in [0.05, 0.1) is 0 Å². The summed E-state index contributed by atoms with van der Waals surface area (Å²) >= 11 is 0. The van der Waals surface area contributed by atoms with Gasteiger partial charge in [-0.1, -0.05) is 0 Å². The summed E-state index contributed by atoms with van der Waals surface area (Å²) in [4.78, 5) is 26.9. The predicted molar refractivity (Wildman–Crippen MR) is 69.4 cm³/mol. The maximum Gasteiger partial charge on any atom is 0.269 e. The van der Waals surface area contributed by atoms with Crippen molar-refractivity contribution in [2.45, 2.75) is 19.9 Å². The lowest BCUT2D eigenvalue weighted by atomic mass is 10.2. The van der Waals surface area contributed by atoms with E-state index in [2.05, 4.69) is 20.9 Å². The van der Waals surface area contributed by atoms with E-state index in [-0.39, 0.29) is 17.9 Å². The minimum Gasteiger partial charge on any atom is -0.374 e. The smallest absolute Gasteiger partial charge is 0.269 e. The molecule has 1 atom stereocenters. The highest BCUT2D eigenvalue weighted by Gasteiger charge is 2.12. The van der Waals surface area contributed by atoms with E-state index in [9.17, 15) is 9.59 Å². The molecule has 1 aromatic heterocycles. The van der Waals surface area contributed by atoms with Gasteiger partial charge < -0.3 is 16.0 Å². The lowest BCUT2D eigenvalue weighted by Crippen LogP contribution is -2.37. The molecule has 1 unspecified atom stereocenters. The molecule has 0 spiro atoms. The fourth-order valence-corrected chi connectivity index (χ4v) is 1.42. The van der Waals surface area contributed by atoms with E-state index >= 15 is 0 Å². The summed E-state index contributed by atoms with van der Waals surface area (Å²) in [6, 6.07) is 2.95. The van der Waals surface area contributed by atoms with Crippen molar-refractivity contribution >= 4 is 17.5 Å². The fourth-order valence-electron chi connectivity index (χ4n) is 1.42. The second-order valence-corrected chi connectivity index (χ2v) is 3.77. The van der Waals surface area contributed by atoms with Gasteiger partial charge in [0.1, 0.15) is 11.7 Å². The average molecular weight is 250 g/mol. The first-order valence-corrected chi connectivity index (χ1v) is 5.80. The first kappa shape index (κ1) is 14.0. The molecule has 0 aliphatic rings. The molecule has 0 aliphatic carbocycles. The highest BCUT2D eigenvalue weighted by molar-refractivity contribution is 5.93. The molecule has 0 aliphatic heterocycles. The number of carbonyl (C=O) groups excluding carboxylic acids is 2. The van der Waals surface area contributed by atoms with Crippen LogP contribution in [0, 0.1) is 0 Å². The Morgan fingerprint density at radius 1 is 1.44 bits per heavy atom. The number of nitrogens with one attached hydrogen (secondary N) is 3. The maximum atomic E-state index is 11.6. The lowest BCUT2D eigenvalue weighted by Gasteiger charge is -2.14. The van der Waals surface area contributed by atoms with Crippen molar-refractivity contribution in [3.8, 4) is 0 Å². The predicted octanol–water partition coefficient (Wildman–Crippen LogP) is 0.378. The molecular weight excluding hydrogens is 232 g/mol. The van der Waals surface area contributed by atoms with Gasteiger partial charge in [-0.3, -0.25) is 14.6 Å². The molecule has 0 saturated carbocycles. The van der Waals surface area contributed by atoms with Crippen molar-refractivity contribution in [1.29, 1.82) is 0 Å². The molecule has 98 valence electrons. The monoisotopic (exact) mass is 250 g/mol. The topological polar surface area (TPSA) is 83.1 Å². The molecule has 0 bridgehead atoms. The van der Waals surface area contributed by atoms with Gasteiger partial charge in [-0.15, -0.1) is 0 Å². The zero-order valence-corrected chi connectivity index (χ0v) is 10.8. The number of aromatic nitrogens is 1. The Bertz CT molecular complexity index is 434. The molecule has 1 heterocycles. The SMILES string of the molecule is CCNC(=O)C(C)Nc1ccnc(C(=O)NC)c1. The lowest BCUT2D eigenvalue weighted by molar-refractivity contribution is -0.121. The summed E-state index contributed by atoms with van der Waals surface area (Å²) in [5.74, 6) is -0.347. The standard InChI is InChI=1S/C12H18N4O2/c1-4-14-11(17)8(2)16-9-5-6-15-10(7-9)12(18)13-3/h5-8H,4H2,1-3H3,(H,13,18)(H,14,17)(H,15,16). The van der Waals surface area contributed by atoms with Gasteiger partial charge in [-0.25, -0.2) is 0 Å². The normalized spacial score (nSPS) is 11.5. The van der Waals surface area contributed by atoms with Gasteiger partial charge in [-0.2, -0.15) is 0 Å². The Hall–Kier alpha value is -2.11. The maximum absolute atomic E-state index is 11.6. The second kappa shape index (κ2) is 6.58. The average Bonchev–Trinajstić information content (AvgIpc) is 2.38. The van der Waals surface area contributed by atoms with Crippen LogP contribution in [0.25, 0.3) is 0 Å². The van der Waals surface area contributed by atoms with Crippen LogP contribution in [0.5, 0.6) is 0 Å². The number of carbonyl (C=O) groups is 2. The molecule has 3 N–H and O–H groups in total. The molecule has 6 heteroatoms. The summed E-state index contributed by atoms with van der Waals surface area (Å²) in [7, 11) is 1.54. The quantitative estimate of drug-likeness (QED) is 0.705. The highest BCUT2D eigenvalue weighted by Crippen LogP contribution is 2.09. The van der Waals surface area contributed by atoms with Crippen molar-refractivity contribution in [2.24, 2.45) is 0 Å². The van der Waals surface area contributed by atoms with E-state index in [0.29, 0.717) is 17.9 Å². The molecule has 1 aromatic rings. The number of hydrogen-bond acceptors (Lipinski definition) is 4. The van der Waals surface area contributed by atoms with Crippen LogP contribution in [0.3, 0.4) is 0 Å².